The lowest BCUT2D eigenvalue weighted by Gasteiger charge is -2.33. The Morgan fingerprint density at radius 3 is 2.40 bits per heavy atom. The van der Waals surface area contributed by atoms with Gasteiger partial charge in [-0.2, -0.15) is 0 Å². The normalized spacial score (nSPS) is 14.6. The highest BCUT2D eigenvalue weighted by molar-refractivity contribution is 5.33. The lowest BCUT2D eigenvalue weighted by molar-refractivity contribution is 0.165. The molecule has 3 nitrogen and oxygen atoms in total. The first-order chi connectivity index (χ1) is 9.49. The quantitative estimate of drug-likeness (QED) is 0.794. The van der Waals surface area contributed by atoms with Gasteiger partial charge in [0, 0.05) is 18.6 Å². The largest absolute Gasteiger partial charge is 0.496 e. The van der Waals surface area contributed by atoms with Crippen molar-refractivity contribution in [3.63, 3.8) is 0 Å². The summed E-state index contributed by atoms with van der Waals surface area (Å²) in [5.74, 6) is 1.64. The molecule has 0 saturated carbocycles. The molecule has 0 aliphatic rings. The van der Waals surface area contributed by atoms with Crippen LogP contribution >= 0.6 is 0 Å². The summed E-state index contributed by atoms with van der Waals surface area (Å²) in [5.41, 5.74) is 7.20. The smallest absolute Gasteiger partial charge is 0.122 e. The Balaban J connectivity index is 2.71. The van der Waals surface area contributed by atoms with E-state index in [0.717, 1.165) is 18.6 Å². The summed E-state index contributed by atoms with van der Waals surface area (Å²) < 4.78 is 5.43. The summed E-state index contributed by atoms with van der Waals surface area (Å²) in [6, 6.07) is 9.13. The van der Waals surface area contributed by atoms with Crippen LogP contribution in [0.5, 0.6) is 5.75 Å². The Kier molecular flexibility index (Phi) is 7.03. The number of likely N-dealkylation sites (N-methyl/N-ethyl adjacent to an activating group) is 1. The van der Waals surface area contributed by atoms with Crippen molar-refractivity contribution in [3.8, 4) is 5.75 Å². The van der Waals surface area contributed by atoms with Crippen LogP contribution in [0.4, 0.5) is 0 Å². The summed E-state index contributed by atoms with van der Waals surface area (Å²) in [5, 5.41) is 0. The van der Waals surface area contributed by atoms with Crippen LogP contribution in [-0.2, 0) is 6.42 Å². The molecule has 0 aromatic heterocycles. The fraction of sp³-hybridized carbons (Fsp3) is 0.647. The molecule has 1 rings (SSSR count). The van der Waals surface area contributed by atoms with Crippen LogP contribution in [0.25, 0.3) is 0 Å². The third-order valence-electron chi connectivity index (χ3n) is 3.99. The van der Waals surface area contributed by atoms with Gasteiger partial charge in [0.1, 0.15) is 5.75 Å². The molecular weight excluding hydrogens is 248 g/mol. The molecule has 0 amide bonds. The van der Waals surface area contributed by atoms with Gasteiger partial charge in [-0.1, -0.05) is 32.0 Å². The summed E-state index contributed by atoms with van der Waals surface area (Å²) in [6.07, 6.45) is 2.12. The number of nitrogens with zero attached hydrogens (tertiary/aromatic N) is 1. The van der Waals surface area contributed by atoms with Gasteiger partial charge in [0.2, 0.25) is 0 Å². The highest BCUT2D eigenvalue weighted by atomic mass is 16.5. The molecule has 1 aromatic carbocycles. The van der Waals surface area contributed by atoms with Gasteiger partial charge in [0.15, 0.2) is 0 Å². The summed E-state index contributed by atoms with van der Waals surface area (Å²) >= 11 is 0. The minimum atomic E-state index is 0.443. The third kappa shape index (κ3) is 4.80. The zero-order valence-corrected chi connectivity index (χ0v) is 13.6. The van der Waals surface area contributed by atoms with Gasteiger partial charge in [-0.3, -0.25) is 4.90 Å². The van der Waals surface area contributed by atoms with Gasteiger partial charge in [0.05, 0.1) is 7.11 Å². The maximum atomic E-state index is 5.94. The standard InChI is InChI=1S/C17H30N2O/c1-13(2)10-16(12-18)19(4)14(3)11-15-8-6-7-9-17(15)20-5/h6-9,13-14,16H,10-12,18H2,1-5H3. The lowest BCUT2D eigenvalue weighted by Crippen LogP contribution is -2.44. The van der Waals surface area contributed by atoms with Gasteiger partial charge in [-0.05, 0) is 44.4 Å². The second-order valence-electron chi connectivity index (χ2n) is 6.05. The molecule has 114 valence electrons. The highest BCUT2D eigenvalue weighted by Gasteiger charge is 2.20. The van der Waals surface area contributed by atoms with Crippen LogP contribution in [0.1, 0.15) is 32.8 Å². The summed E-state index contributed by atoms with van der Waals surface area (Å²) in [6.45, 7) is 7.48. The second kappa shape index (κ2) is 8.28. The molecule has 0 bridgehead atoms. The minimum absolute atomic E-state index is 0.443. The molecule has 2 unspecified atom stereocenters. The van der Waals surface area contributed by atoms with Crippen molar-refractivity contribution in [3.05, 3.63) is 29.8 Å². The molecule has 0 aliphatic carbocycles. The van der Waals surface area contributed by atoms with E-state index in [1.807, 2.05) is 12.1 Å². The van der Waals surface area contributed by atoms with E-state index in [0.29, 0.717) is 24.5 Å². The molecule has 0 aliphatic heterocycles. The number of rotatable bonds is 8. The number of ether oxygens (including phenoxy) is 1. The molecule has 20 heavy (non-hydrogen) atoms. The van der Waals surface area contributed by atoms with Crippen molar-refractivity contribution in [2.45, 2.75) is 45.7 Å². The third-order valence-corrected chi connectivity index (χ3v) is 3.99. The first kappa shape index (κ1) is 17.0. The molecular formula is C17H30N2O. The Labute approximate surface area is 124 Å². The van der Waals surface area contributed by atoms with Gasteiger partial charge in [0.25, 0.3) is 0 Å². The summed E-state index contributed by atoms with van der Waals surface area (Å²) in [7, 11) is 3.91. The zero-order valence-electron chi connectivity index (χ0n) is 13.6. The van der Waals surface area contributed by atoms with E-state index in [9.17, 15) is 0 Å². The predicted octanol–water partition coefficient (Wildman–Crippen LogP) is 2.93. The van der Waals surface area contributed by atoms with E-state index in [2.05, 4.69) is 44.9 Å². The van der Waals surface area contributed by atoms with Crippen molar-refractivity contribution in [1.29, 1.82) is 0 Å². The molecule has 1 aromatic rings. The maximum Gasteiger partial charge on any atom is 0.122 e. The zero-order chi connectivity index (χ0) is 15.1. The second-order valence-corrected chi connectivity index (χ2v) is 6.05. The van der Waals surface area contributed by atoms with E-state index < -0.39 is 0 Å². The van der Waals surface area contributed by atoms with Gasteiger partial charge >= 0.3 is 0 Å². The Morgan fingerprint density at radius 2 is 1.85 bits per heavy atom. The number of nitrogens with two attached hydrogens (primary N) is 1. The van der Waals surface area contributed by atoms with Gasteiger partial charge in [-0.15, -0.1) is 0 Å². The number of benzene rings is 1. The molecule has 0 fully saturated rings. The van der Waals surface area contributed by atoms with Crippen molar-refractivity contribution in [2.75, 3.05) is 20.7 Å². The Hall–Kier alpha value is -1.06. The van der Waals surface area contributed by atoms with Gasteiger partial charge in [-0.25, -0.2) is 0 Å². The first-order valence-corrected chi connectivity index (χ1v) is 7.53. The van der Waals surface area contributed by atoms with Crippen LogP contribution < -0.4 is 10.5 Å². The van der Waals surface area contributed by atoms with Crippen molar-refractivity contribution < 1.29 is 4.74 Å². The average Bonchev–Trinajstić information content (AvgIpc) is 2.44. The molecule has 3 heteroatoms. The number of hydrogen-bond donors (Lipinski definition) is 1. The van der Waals surface area contributed by atoms with E-state index >= 15 is 0 Å². The Morgan fingerprint density at radius 1 is 1.20 bits per heavy atom. The fourth-order valence-electron chi connectivity index (χ4n) is 2.67. The van der Waals surface area contributed by atoms with Crippen molar-refractivity contribution in [1.82, 2.24) is 4.90 Å². The van der Waals surface area contributed by atoms with Gasteiger partial charge < -0.3 is 10.5 Å². The summed E-state index contributed by atoms with van der Waals surface area (Å²) in [4.78, 5) is 2.41. The number of para-hydroxylation sites is 1. The number of methoxy groups -OCH3 is 1. The van der Waals surface area contributed by atoms with E-state index in [-0.39, 0.29) is 0 Å². The minimum Gasteiger partial charge on any atom is -0.496 e. The van der Waals surface area contributed by atoms with Crippen LogP contribution in [0, 0.1) is 5.92 Å². The first-order valence-electron chi connectivity index (χ1n) is 7.53. The topological polar surface area (TPSA) is 38.5 Å². The molecule has 0 heterocycles. The molecule has 0 radical (unpaired) electrons. The maximum absolute atomic E-state index is 5.94. The van der Waals surface area contributed by atoms with Crippen molar-refractivity contribution >= 4 is 0 Å². The molecule has 2 atom stereocenters. The highest BCUT2D eigenvalue weighted by Crippen LogP contribution is 2.21. The fourth-order valence-corrected chi connectivity index (χ4v) is 2.67. The number of hydrogen-bond acceptors (Lipinski definition) is 3. The van der Waals surface area contributed by atoms with Crippen molar-refractivity contribution in [2.24, 2.45) is 11.7 Å². The van der Waals surface area contributed by atoms with Crippen LogP contribution in [0.2, 0.25) is 0 Å². The monoisotopic (exact) mass is 278 g/mol. The van der Waals surface area contributed by atoms with E-state index in [1.54, 1.807) is 7.11 Å². The van der Waals surface area contributed by atoms with Crippen LogP contribution in [0.3, 0.4) is 0 Å². The van der Waals surface area contributed by atoms with Crippen LogP contribution in [0.15, 0.2) is 24.3 Å². The Bertz CT molecular complexity index is 392. The molecule has 2 N–H and O–H groups in total. The molecule has 0 spiro atoms. The SMILES string of the molecule is COc1ccccc1CC(C)N(C)C(CN)CC(C)C. The molecule has 0 saturated heterocycles. The lowest BCUT2D eigenvalue weighted by atomic mass is 9.99. The average molecular weight is 278 g/mol. The van der Waals surface area contributed by atoms with E-state index in [1.165, 1.54) is 5.56 Å². The predicted molar refractivity (Wildman–Crippen MR) is 86.2 cm³/mol. The van der Waals surface area contributed by atoms with Crippen LogP contribution in [-0.4, -0.2) is 37.7 Å². The van der Waals surface area contributed by atoms with E-state index in [4.69, 9.17) is 10.5 Å².